The first-order chi connectivity index (χ1) is 7.72. The smallest absolute Gasteiger partial charge is 0.0732 e. The van der Waals surface area contributed by atoms with Gasteiger partial charge >= 0.3 is 0 Å². The molecule has 0 fully saturated rings. The first-order valence-corrected chi connectivity index (χ1v) is 7.00. The average molecular weight is 365 g/mol. The van der Waals surface area contributed by atoms with Gasteiger partial charge < -0.3 is 0 Å². The first-order valence-electron chi connectivity index (χ1n) is 4.67. The number of hydrogen-bond acceptors (Lipinski definition) is 3. The molecule has 3 N–H and O–H groups in total. The zero-order valence-corrected chi connectivity index (χ0v) is 12.0. The number of benzene rings is 1. The molecule has 0 bridgehead atoms. The first kappa shape index (κ1) is 12.3. The van der Waals surface area contributed by atoms with E-state index in [9.17, 15) is 0 Å². The Morgan fingerprint density at radius 3 is 2.69 bits per heavy atom. The summed E-state index contributed by atoms with van der Waals surface area (Å²) in [6, 6.07) is 9.79. The van der Waals surface area contributed by atoms with Crippen LogP contribution in [0.15, 0.2) is 35.7 Å². The second-order valence-electron chi connectivity index (χ2n) is 3.31. The predicted octanol–water partition coefficient (Wildman–Crippen LogP) is 3.56. The van der Waals surface area contributed by atoms with Crippen LogP contribution in [0, 0.1) is 2.88 Å². The van der Waals surface area contributed by atoms with Crippen LogP contribution in [-0.2, 0) is 0 Å². The second kappa shape index (κ2) is 5.46. The summed E-state index contributed by atoms with van der Waals surface area (Å²) in [5, 5.41) is 2.82. The molecule has 2 aromatic rings. The summed E-state index contributed by atoms with van der Waals surface area (Å²) < 4.78 is 1.24. The lowest BCUT2D eigenvalue weighted by Crippen LogP contribution is -2.28. The Bertz CT molecular complexity index is 486. The summed E-state index contributed by atoms with van der Waals surface area (Å²) in [5.74, 6) is 5.61. The van der Waals surface area contributed by atoms with Crippen LogP contribution < -0.4 is 11.3 Å². The van der Waals surface area contributed by atoms with Crippen molar-refractivity contribution in [1.29, 1.82) is 0 Å². The summed E-state index contributed by atoms with van der Waals surface area (Å²) in [4.78, 5) is 0. The summed E-state index contributed by atoms with van der Waals surface area (Å²) in [6.07, 6.45) is 0. The maximum Gasteiger partial charge on any atom is 0.0732 e. The van der Waals surface area contributed by atoms with Crippen LogP contribution in [-0.4, -0.2) is 0 Å². The molecule has 0 aliphatic rings. The van der Waals surface area contributed by atoms with Gasteiger partial charge in [-0.1, -0.05) is 29.8 Å². The number of thiophene rings is 1. The highest BCUT2D eigenvalue weighted by Gasteiger charge is 2.16. The van der Waals surface area contributed by atoms with Crippen molar-refractivity contribution in [2.75, 3.05) is 0 Å². The van der Waals surface area contributed by atoms with E-state index in [2.05, 4.69) is 39.5 Å². The molecule has 84 valence electrons. The molecule has 1 heterocycles. The fraction of sp³-hybridized carbons (Fsp3) is 0.0909. The number of nitrogens with two attached hydrogens (primary N) is 1. The Balaban J connectivity index is 2.40. The van der Waals surface area contributed by atoms with Crippen LogP contribution in [0.1, 0.15) is 17.2 Å². The van der Waals surface area contributed by atoms with E-state index in [1.165, 1.54) is 2.88 Å². The van der Waals surface area contributed by atoms with Crippen LogP contribution in [0.25, 0.3) is 0 Å². The Labute approximate surface area is 117 Å². The summed E-state index contributed by atoms with van der Waals surface area (Å²) >= 11 is 10.2. The molecule has 2 rings (SSSR count). The monoisotopic (exact) mass is 364 g/mol. The maximum atomic E-state index is 6.16. The molecule has 0 saturated heterocycles. The van der Waals surface area contributed by atoms with Crippen molar-refractivity contribution in [3.8, 4) is 0 Å². The lowest BCUT2D eigenvalue weighted by molar-refractivity contribution is 0.639. The number of hydrogen-bond donors (Lipinski definition) is 2. The standard InChI is InChI=1S/C11H10ClIN2S/c12-9-4-2-1-3-8(9)11(15-14)7-5-10(13)16-6-7/h1-6,11,15H,14H2. The molecular formula is C11H10ClIN2S. The molecule has 5 heteroatoms. The second-order valence-corrected chi connectivity index (χ2v) is 6.52. The maximum absolute atomic E-state index is 6.16. The third-order valence-corrected chi connectivity index (χ3v) is 4.46. The average Bonchev–Trinajstić information content (AvgIpc) is 2.69. The van der Waals surface area contributed by atoms with Crippen LogP contribution >= 0.6 is 45.5 Å². The molecule has 0 amide bonds. The van der Waals surface area contributed by atoms with Crippen molar-refractivity contribution in [2.45, 2.75) is 6.04 Å². The minimum absolute atomic E-state index is 0.0477. The zero-order chi connectivity index (χ0) is 11.5. The lowest BCUT2D eigenvalue weighted by atomic mass is 10.0. The van der Waals surface area contributed by atoms with Gasteiger partial charge in [-0.15, -0.1) is 11.3 Å². The third-order valence-electron chi connectivity index (χ3n) is 2.30. The third kappa shape index (κ3) is 2.57. The van der Waals surface area contributed by atoms with E-state index in [4.69, 9.17) is 17.4 Å². The van der Waals surface area contributed by atoms with Crippen LogP contribution in [0.2, 0.25) is 5.02 Å². The van der Waals surface area contributed by atoms with Gasteiger partial charge in [-0.2, -0.15) is 0 Å². The van der Waals surface area contributed by atoms with Gasteiger partial charge in [0, 0.05) is 5.02 Å². The van der Waals surface area contributed by atoms with Crippen LogP contribution in [0.5, 0.6) is 0 Å². The minimum Gasteiger partial charge on any atom is -0.271 e. The fourth-order valence-corrected chi connectivity index (χ4v) is 3.19. The van der Waals surface area contributed by atoms with E-state index in [0.717, 1.165) is 16.1 Å². The molecule has 0 radical (unpaired) electrons. The molecule has 1 unspecified atom stereocenters. The van der Waals surface area contributed by atoms with Gasteiger partial charge in [-0.05, 0) is 51.2 Å². The van der Waals surface area contributed by atoms with E-state index in [-0.39, 0.29) is 6.04 Å². The van der Waals surface area contributed by atoms with Gasteiger partial charge in [0.2, 0.25) is 0 Å². The van der Waals surface area contributed by atoms with E-state index < -0.39 is 0 Å². The van der Waals surface area contributed by atoms with E-state index >= 15 is 0 Å². The summed E-state index contributed by atoms with van der Waals surface area (Å²) in [5.41, 5.74) is 4.95. The van der Waals surface area contributed by atoms with Gasteiger partial charge in [-0.3, -0.25) is 5.84 Å². The molecule has 0 saturated carbocycles. The van der Waals surface area contributed by atoms with Crippen molar-refractivity contribution < 1.29 is 0 Å². The molecular weight excluding hydrogens is 355 g/mol. The Hall–Kier alpha value is -0.140. The normalized spacial score (nSPS) is 12.7. The Morgan fingerprint density at radius 2 is 2.12 bits per heavy atom. The van der Waals surface area contributed by atoms with Crippen molar-refractivity contribution in [2.24, 2.45) is 5.84 Å². The number of hydrazine groups is 1. The highest BCUT2D eigenvalue weighted by Crippen LogP contribution is 2.30. The molecule has 0 aliphatic heterocycles. The van der Waals surface area contributed by atoms with Gasteiger partial charge in [-0.25, -0.2) is 5.43 Å². The SMILES string of the molecule is NNC(c1csc(I)c1)c1ccccc1Cl. The Morgan fingerprint density at radius 1 is 1.38 bits per heavy atom. The predicted molar refractivity (Wildman–Crippen MR) is 77.7 cm³/mol. The van der Waals surface area contributed by atoms with E-state index in [1.54, 1.807) is 11.3 Å². The van der Waals surface area contributed by atoms with Gasteiger partial charge in [0.05, 0.1) is 8.93 Å². The lowest BCUT2D eigenvalue weighted by Gasteiger charge is -2.16. The highest BCUT2D eigenvalue weighted by atomic mass is 127. The molecule has 1 atom stereocenters. The quantitative estimate of drug-likeness (QED) is 0.496. The summed E-state index contributed by atoms with van der Waals surface area (Å²) in [7, 11) is 0. The van der Waals surface area contributed by atoms with Crippen LogP contribution in [0.3, 0.4) is 0 Å². The largest absolute Gasteiger partial charge is 0.271 e. The number of halogens is 2. The van der Waals surface area contributed by atoms with Crippen molar-refractivity contribution >= 4 is 45.5 Å². The number of nitrogens with one attached hydrogen (secondary N) is 1. The highest BCUT2D eigenvalue weighted by molar-refractivity contribution is 14.1. The minimum atomic E-state index is -0.0477. The summed E-state index contributed by atoms with van der Waals surface area (Å²) in [6.45, 7) is 0. The molecule has 0 spiro atoms. The number of rotatable bonds is 3. The molecule has 0 aliphatic carbocycles. The topological polar surface area (TPSA) is 38.0 Å². The van der Waals surface area contributed by atoms with Gasteiger partial charge in [0.15, 0.2) is 0 Å². The molecule has 2 nitrogen and oxygen atoms in total. The molecule has 1 aromatic carbocycles. The fourth-order valence-electron chi connectivity index (χ4n) is 1.55. The van der Waals surface area contributed by atoms with Crippen molar-refractivity contribution in [3.63, 3.8) is 0 Å². The van der Waals surface area contributed by atoms with Crippen molar-refractivity contribution in [3.05, 3.63) is 54.7 Å². The molecule has 16 heavy (non-hydrogen) atoms. The van der Waals surface area contributed by atoms with Gasteiger partial charge in [0.1, 0.15) is 0 Å². The van der Waals surface area contributed by atoms with E-state index in [1.807, 2.05) is 24.3 Å². The van der Waals surface area contributed by atoms with Crippen LogP contribution in [0.4, 0.5) is 0 Å². The van der Waals surface area contributed by atoms with E-state index in [0.29, 0.717) is 0 Å². The van der Waals surface area contributed by atoms with Gasteiger partial charge in [0.25, 0.3) is 0 Å². The zero-order valence-electron chi connectivity index (χ0n) is 8.28. The Kier molecular flexibility index (Phi) is 4.21. The molecule has 1 aromatic heterocycles. The van der Waals surface area contributed by atoms with Crippen molar-refractivity contribution in [1.82, 2.24) is 5.43 Å².